The summed E-state index contributed by atoms with van der Waals surface area (Å²) in [5.41, 5.74) is 4.93. The number of rotatable bonds is 2. The molecule has 0 radical (unpaired) electrons. The molecule has 7 nitrogen and oxygen atoms in total. The van der Waals surface area contributed by atoms with Crippen molar-refractivity contribution < 1.29 is 14.3 Å². The van der Waals surface area contributed by atoms with Gasteiger partial charge in [-0.1, -0.05) is 6.07 Å². The van der Waals surface area contributed by atoms with Gasteiger partial charge in [-0.25, -0.2) is 4.98 Å². The summed E-state index contributed by atoms with van der Waals surface area (Å²) in [6, 6.07) is 7.67. The average molecular weight is 390 g/mol. The number of benzene rings is 1. The highest BCUT2D eigenvalue weighted by Gasteiger charge is 2.35. The standard InChI is InChI=1S/C22H22N4O3/c1-25-17-5-3-4-16-19(17)18(26(2)22(16)28)11-14-10-15(12-23-20(14)25)24-21(27)13-6-8-29-9-7-13/h3-5,10-13H,6-9H2,1-2H3,(H,24,27). The van der Waals surface area contributed by atoms with Crippen LogP contribution in [0.15, 0.2) is 30.5 Å². The molecule has 0 spiro atoms. The predicted octanol–water partition coefficient (Wildman–Crippen LogP) is 3.11. The Balaban J connectivity index is 1.53. The molecule has 0 atom stereocenters. The number of pyridine rings is 1. The van der Waals surface area contributed by atoms with Crippen LogP contribution < -0.4 is 10.2 Å². The number of fused-ring (bicyclic) bond motifs is 1. The fourth-order valence-electron chi connectivity index (χ4n) is 4.29. The molecule has 29 heavy (non-hydrogen) atoms. The number of nitrogens with zero attached hydrogens (tertiary/aromatic N) is 3. The summed E-state index contributed by atoms with van der Waals surface area (Å²) in [6.07, 6.45) is 5.14. The van der Waals surface area contributed by atoms with Gasteiger partial charge < -0.3 is 19.9 Å². The molecular formula is C22H22N4O3. The maximum Gasteiger partial charge on any atom is 0.258 e. The zero-order valence-electron chi connectivity index (χ0n) is 16.4. The zero-order valence-corrected chi connectivity index (χ0v) is 16.4. The molecule has 2 aromatic rings. The van der Waals surface area contributed by atoms with Crippen molar-refractivity contribution in [3.8, 4) is 0 Å². The molecular weight excluding hydrogens is 368 g/mol. The van der Waals surface area contributed by atoms with Gasteiger partial charge in [0.25, 0.3) is 5.91 Å². The predicted molar refractivity (Wildman–Crippen MR) is 111 cm³/mol. The lowest BCUT2D eigenvalue weighted by Crippen LogP contribution is -2.28. The highest BCUT2D eigenvalue weighted by atomic mass is 16.5. The molecule has 1 fully saturated rings. The number of nitrogens with one attached hydrogen (secondary N) is 1. The molecule has 1 aromatic heterocycles. The molecule has 0 unspecified atom stereocenters. The SMILES string of the molecule is CN1C(=O)c2cccc3c2C1=Cc1cc(NC(=O)C2CCOCC2)cnc1N3C. The number of amides is 2. The van der Waals surface area contributed by atoms with Crippen molar-refractivity contribution in [1.82, 2.24) is 9.88 Å². The molecule has 0 aliphatic carbocycles. The van der Waals surface area contributed by atoms with E-state index in [1.54, 1.807) is 18.1 Å². The van der Waals surface area contributed by atoms with E-state index in [-0.39, 0.29) is 17.7 Å². The monoisotopic (exact) mass is 390 g/mol. The van der Waals surface area contributed by atoms with Gasteiger partial charge in [0.1, 0.15) is 5.82 Å². The van der Waals surface area contributed by atoms with Crippen molar-refractivity contribution in [2.45, 2.75) is 12.8 Å². The van der Waals surface area contributed by atoms with Gasteiger partial charge in [0.15, 0.2) is 0 Å². The number of hydrogen-bond donors (Lipinski definition) is 1. The summed E-state index contributed by atoms with van der Waals surface area (Å²) in [5, 5.41) is 3.00. The van der Waals surface area contributed by atoms with Crippen molar-refractivity contribution in [2.75, 3.05) is 37.5 Å². The Morgan fingerprint density at radius 1 is 1.21 bits per heavy atom. The molecule has 0 bridgehead atoms. The van der Waals surface area contributed by atoms with Crippen LogP contribution >= 0.6 is 0 Å². The van der Waals surface area contributed by atoms with Crippen molar-refractivity contribution in [1.29, 1.82) is 0 Å². The second-order valence-corrected chi connectivity index (χ2v) is 7.67. The molecule has 148 valence electrons. The minimum Gasteiger partial charge on any atom is -0.381 e. The molecule has 4 heterocycles. The van der Waals surface area contributed by atoms with E-state index >= 15 is 0 Å². The second-order valence-electron chi connectivity index (χ2n) is 7.67. The number of aromatic nitrogens is 1. The fourth-order valence-corrected chi connectivity index (χ4v) is 4.29. The number of hydrogen-bond acceptors (Lipinski definition) is 5. The molecule has 0 saturated carbocycles. The lowest BCUT2D eigenvalue weighted by Gasteiger charge is -2.22. The van der Waals surface area contributed by atoms with Gasteiger partial charge in [0.2, 0.25) is 5.91 Å². The molecule has 1 saturated heterocycles. The van der Waals surface area contributed by atoms with Crippen molar-refractivity contribution in [3.05, 3.63) is 47.2 Å². The third kappa shape index (κ3) is 2.81. The van der Waals surface area contributed by atoms with Gasteiger partial charge in [-0.2, -0.15) is 0 Å². The summed E-state index contributed by atoms with van der Waals surface area (Å²) < 4.78 is 5.34. The summed E-state index contributed by atoms with van der Waals surface area (Å²) >= 11 is 0. The van der Waals surface area contributed by atoms with Crippen LogP contribution in [-0.4, -0.2) is 49.0 Å². The summed E-state index contributed by atoms with van der Waals surface area (Å²) in [4.78, 5) is 33.5. The minimum absolute atomic E-state index is 0.00316. The number of carbonyl (C=O) groups excluding carboxylic acids is 2. The Labute approximate surface area is 169 Å². The zero-order chi connectivity index (χ0) is 20.1. The highest BCUT2D eigenvalue weighted by Crippen LogP contribution is 2.44. The van der Waals surface area contributed by atoms with E-state index in [2.05, 4.69) is 10.3 Å². The molecule has 1 N–H and O–H groups in total. The topological polar surface area (TPSA) is 74.8 Å². The van der Waals surface area contributed by atoms with E-state index in [0.717, 1.165) is 41.2 Å². The number of carbonyl (C=O) groups is 2. The van der Waals surface area contributed by atoms with Gasteiger partial charge in [-0.3, -0.25) is 9.59 Å². The van der Waals surface area contributed by atoms with E-state index in [1.165, 1.54) is 0 Å². The van der Waals surface area contributed by atoms with Crippen LogP contribution in [0.2, 0.25) is 0 Å². The van der Waals surface area contributed by atoms with E-state index in [4.69, 9.17) is 4.74 Å². The first kappa shape index (κ1) is 17.9. The van der Waals surface area contributed by atoms with Gasteiger partial charge in [-0.15, -0.1) is 0 Å². The third-order valence-electron chi connectivity index (χ3n) is 5.92. The maximum atomic E-state index is 12.6. The third-order valence-corrected chi connectivity index (χ3v) is 5.92. The minimum atomic E-state index is -0.0333. The summed E-state index contributed by atoms with van der Waals surface area (Å²) in [7, 11) is 3.73. The van der Waals surface area contributed by atoms with Crippen molar-refractivity contribution in [3.63, 3.8) is 0 Å². The first-order valence-electron chi connectivity index (χ1n) is 9.80. The van der Waals surface area contributed by atoms with Crippen molar-refractivity contribution >= 4 is 40.8 Å². The van der Waals surface area contributed by atoms with Gasteiger partial charge in [0.05, 0.1) is 28.8 Å². The van der Waals surface area contributed by atoms with Crippen LogP contribution in [0.25, 0.3) is 11.8 Å². The quantitative estimate of drug-likeness (QED) is 0.853. The molecule has 7 heteroatoms. The van der Waals surface area contributed by atoms with Crippen LogP contribution in [-0.2, 0) is 9.53 Å². The van der Waals surface area contributed by atoms with Gasteiger partial charge in [0, 0.05) is 44.4 Å². The smallest absolute Gasteiger partial charge is 0.258 e. The largest absolute Gasteiger partial charge is 0.381 e. The second kappa shape index (κ2) is 6.70. The first-order chi connectivity index (χ1) is 14.0. The highest BCUT2D eigenvalue weighted by molar-refractivity contribution is 6.15. The fraction of sp³-hybridized carbons (Fsp3) is 0.318. The van der Waals surface area contributed by atoms with Gasteiger partial charge >= 0.3 is 0 Å². The van der Waals surface area contributed by atoms with Crippen LogP contribution in [0.5, 0.6) is 0 Å². The van der Waals surface area contributed by atoms with E-state index in [0.29, 0.717) is 24.5 Å². The van der Waals surface area contributed by atoms with Crippen molar-refractivity contribution in [2.24, 2.45) is 5.92 Å². The molecule has 3 aliphatic rings. The molecule has 1 aromatic carbocycles. The Hall–Kier alpha value is -3.19. The number of anilines is 3. The average Bonchev–Trinajstić information content (AvgIpc) is 2.91. The molecule has 3 aliphatic heterocycles. The van der Waals surface area contributed by atoms with E-state index in [9.17, 15) is 9.59 Å². The normalized spacial score (nSPS) is 18.1. The summed E-state index contributed by atoms with van der Waals surface area (Å²) in [6.45, 7) is 1.25. The lowest BCUT2D eigenvalue weighted by molar-refractivity contribution is -0.122. The number of ether oxygens (including phenoxy) is 1. The van der Waals surface area contributed by atoms with Crippen LogP contribution in [0.4, 0.5) is 17.2 Å². The Kier molecular flexibility index (Phi) is 4.13. The van der Waals surface area contributed by atoms with Crippen LogP contribution in [0, 0.1) is 5.92 Å². The van der Waals surface area contributed by atoms with E-state index < -0.39 is 0 Å². The maximum absolute atomic E-state index is 12.6. The summed E-state index contributed by atoms with van der Waals surface area (Å²) in [5.74, 6) is 0.740. The molecule has 2 amide bonds. The first-order valence-corrected chi connectivity index (χ1v) is 9.80. The van der Waals surface area contributed by atoms with Gasteiger partial charge in [-0.05, 0) is 37.1 Å². The van der Waals surface area contributed by atoms with Crippen LogP contribution in [0.1, 0.15) is 34.3 Å². The molecule has 5 rings (SSSR count). The van der Waals surface area contributed by atoms with E-state index in [1.807, 2.05) is 42.3 Å². The Bertz CT molecular complexity index is 1060. The Morgan fingerprint density at radius 3 is 2.79 bits per heavy atom. The lowest BCUT2D eigenvalue weighted by atomic mass is 9.99. The van der Waals surface area contributed by atoms with Crippen LogP contribution in [0.3, 0.4) is 0 Å². The Morgan fingerprint density at radius 2 is 2.00 bits per heavy atom.